The van der Waals surface area contributed by atoms with Crippen molar-refractivity contribution in [2.24, 2.45) is 0 Å². The topological polar surface area (TPSA) is 92.3 Å². The van der Waals surface area contributed by atoms with Crippen molar-refractivity contribution in [1.82, 2.24) is 9.97 Å². The number of benzene rings is 1. The summed E-state index contributed by atoms with van der Waals surface area (Å²) in [6.07, 6.45) is 0. The molecule has 1 aromatic carbocycles. The minimum Gasteiger partial charge on any atom is -0.478 e. The normalized spacial score (nSPS) is 10.2. The second-order valence-electron chi connectivity index (χ2n) is 3.72. The first-order valence-corrected chi connectivity index (χ1v) is 6.03. The summed E-state index contributed by atoms with van der Waals surface area (Å²) >= 11 is 3.18. The van der Waals surface area contributed by atoms with Gasteiger partial charge in [-0.3, -0.25) is 4.79 Å². The third-order valence-corrected chi connectivity index (χ3v) is 2.72. The van der Waals surface area contributed by atoms with Gasteiger partial charge < -0.3 is 14.8 Å². The molecule has 0 aliphatic heterocycles. The van der Waals surface area contributed by atoms with Crippen molar-refractivity contribution in [1.29, 1.82) is 0 Å². The van der Waals surface area contributed by atoms with Crippen LogP contribution in [0.2, 0.25) is 0 Å². The number of hydrogen-bond donors (Lipinski definition) is 2. The fourth-order valence-electron chi connectivity index (χ4n) is 1.48. The number of nitrogens with zero attached hydrogens (tertiary/aromatic N) is 1. The first-order chi connectivity index (χ1) is 8.95. The Morgan fingerprint density at radius 2 is 2.16 bits per heavy atom. The summed E-state index contributed by atoms with van der Waals surface area (Å²) in [6.45, 7) is 1.61. The molecule has 2 aromatic rings. The van der Waals surface area contributed by atoms with E-state index >= 15 is 0 Å². The standard InChI is InChI=1S/C12H9BrN2O4/c1-6-14-10(16)5-11(15-6)19-9-3-2-7(13)4-8(9)12(17)18/h2-5H,1H3,(H,17,18)(H,14,15,16). The largest absolute Gasteiger partial charge is 0.478 e. The van der Waals surface area contributed by atoms with Crippen LogP contribution in [0, 0.1) is 6.92 Å². The molecule has 6 nitrogen and oxygen atoms in total. The maximum Gasteiger partial charge on any atom is 0.339 e. The number of ether oxygens (including phenoxy) is 1. The number of carboxylic acid groups (broad SMARTS) is 1. The molecule has 0 saturated heterocycles. The van der Waals surface area contributed by atoms with Crippen molar-refractivity contribution in [3.05, 3.63) is 50.5 Å². The number of aromatic carboxylic acids is 1. The number of aromatic amines is 1. The van der Waals surface area contributed by atoms with E-state index in [0.29, 0.717) is 10.3 Å². The van der Waals surface area contributed by atoms with E-state index < -0.39 is 5.97 Å². The highest BCUT2D eigenvalue weighted by atomic mass is 79.9. The SMILES string of the molecule is Cc1nc(Oc2ccc(Br)cc2C(=O)O)cc(=O)[nH]1. The van der Waals surface area contributed by atoms with E-state index in [-0.39, 0.29) is 22.8 Å². The van der Waals surface area contributed by atoms with Gasteiger partial charge in [0.25, 0.3) is 5.56 Å². The summed E-state index contributed by atoms with van der Waals surface area (Å²) in [5.41, 5.74) is -0.384. The Morgan fingerprint density at radius 1 is 1.42 bits per heavy atom. The highest BCUT2D eigenvalue weighted by Gasteiger charge is 2.13. The molecule has 0 amide bonds. The van der Waals surface area contributed by atoms with Crippen molar-refractivity contribution in [2.45, 2.75) is 6.92 Å². The average Bonchev–Trinajstić information content (AvgIpc) is 2.30. The molecule has 0 spiro atoms. The van der Waals surface area contributed by atoms with Crippen LogP contribution in [0.25, 0.3) is 0 Å². The first kappa shape index (κ1) is 13.3. The Morgan fingerprint density at radius 3 is 2.79 bits per heavy atom. The molecule has 0 fully saturated rings. The quantitative estimate of drug-likeness (QED) is 0.903. The molecular weight excluding hydrogens is 316 g/mol. The number of hydrogen-bond acceptors (Lipinski definition) is 4. The minimum absolute atomic E-state index is 0.0193. The fraction of sp³-hybridized carbons (Fsp3) is 0.0833. The first-order valence-electron chi connectivity index (χ1n) is 5.24. The summed E-state index contributed by atoms with van der Waals surface area (Å²) < 4.78 is 5.97. The van der Waals surface area contributed by atoms with Crippen molar-refractivity contribution in [3.8, 4) is 11.6 Å². The summed E-state index contributed by atoms with van der Waals surface area (Å²) in [7, 11) is 0. The Bertz CT molecular complexity index is 696. The molecule has 2 N–H and O–H groups in total. The maximum absolute atomic E-state index is 11.3. The van der Waals surface area contributed by atoms with E-state index in [4.69, 9.17) is 9.84 Å². The molecule has 0 aliphatic carbocycles. The molecule has 1 aromatic heterocycles. The van der Waals surface area contributed by atoms with Gasteiger partial charge in [0.15, 0.2) is 0 Å². The van der Waals surface area contributed by atoms with Crippen molar-refractivity contribution < 1.29 is 14.6 Å². The van der Waals surface area contributed by atoms with Gasteiger partial charge in [-0.1, -0.05) is 15.9 Å². The molecule has 0 aliphatic rings. The third kappa shape index (κ3) is 3.19. The fourth-order valence-corrected chi connectivity index (χ4v) is 1.84. The zero-order chi connectivity index (χ0) is 14.0. The molecule has 98 valence electrons. The van der Waals surface area contributed by atoms with Gasteiger partial charge in [0, 0.05) is 4.47 Å². The van der Waals surface area contributed by atoms with E-state index in [1.54, 1.807) is 13.0 Å². The van der Waals surface area contributed by atoms with Gasteiger partial charge in [0.2, 0.25) is 5.88 Å². The number of H-pyrrole nitrogens is 1. The number of carboxylic acids is 1. The summed E-state index contributed by atoms with van der Waals surface area (Å²) in [5.74, 6) is -0.575. The van der Waals surface area contributed by atoms with Gasteiger partial charge in [-0.15, -0.1) is 0 Å². The highest BCUT2D eigenvalue weighted by Crippen LogP contribution is 2.26. The zero-order valence-corrected chi connectivity index (χ0v) is 11.4. The Kier molecular flexibility index (Phi) is 3.66. The van der Waals surface area contributed by atoms with E-state index in [0.717, 1.165) is 6.07 Å². The van der Waals surface area contributed by atoms with Gasteiger partial charge >= 0.3 is 5.97 Å². The van der Waals surface area contributed by atoms with Crippen LogP contribution in [-0.2, 0) is 0 Å². The lowest BCUT2D eigenvalue weighted by atomic mass is 10.2. The molecular formula is C12H9BrN2O4. The predicted molar refractivity (Wildman–Crippen MR) is 70.8 cm³/mol. The van der Waals surface area contributed by atoms with Crippen LogP contribution in [0.1, 0.15) is 16.2 Å². The molecule has 0 atom stereocenters. The van der Waals surface area contributed by atoms with E-state index in [9.17, 15) is 9.59 Å². The van der Waals surface area contributed by atoms with Crippen molar-refractivity contribution >= 4 is 21.9 Å². The molecule has 19 heavy (non-hydrogen) atoms. The lowest BCUT2D eigenvalue weighted by molar-refractivity contribution is 0.0694. The molecule has 0 radical (unpaired) electrons. The van der Waals surface area contributed by atoms with E-state index in [1.165, 1.54) is 12.1 Å². The lowest BCUT2D eigenvalue weighted by Gasteiger charge is -2.08. The van der Waals surface area contributed by atoms with Crippen LogP contribution in [-0.4, -0.2) is 21.0 Å². The van der Waals surface area contributed by atoms with Crippen molar-refractivity contribution in [3.63, 3.8) is 0 Å². The van der Waals surface area contributed by atoms with Crippen LogP contribution in [0.5, 0.6) is 11.6 Å². The van der Waals surface area contributed by atoms with E-state index in [1.807, 2.05) is 0 Å². The second-order valence-corrected chi connectivity index (χ2v) is 4.63. The number of nitrogens with one attached hydrogen (secondary N) is 1. The van der Waals surface area contributed by atoms with Gasteiger partial charge in [0.05, 0.1) is 6.07 Å². The number of carbonyl (C=O) groups is 1. The number of rotatable bonds is 3. The zero-order valence-electron chi connectivity index (χ0n) is 9.81. The van der Waals surface area contributed by atoms with Crippen molar-refractivity contribution in [2.75, 3.05) is 0 Å². The number of aromatic nitrogens is 2. The maximum atomic E-state index is 11.3. The summed E-state index contributed by atoms with van der Waals surface area (Å²) in [4.78, 5) is 28.8. The van der Waals surface area contributed by atoms with Crippen LogP contribution in [0.3, 0.4) is 0 Å². The molecule has 1 heterocycles. The highest BCUT2D eigenvalue weighted by molar-refractivity contribution is 9.10. The molecule has 0 bridgehead atoms. The van der Waals surface area contributed by atoms with Crippen LogP contribution >= 0.6 is 15.9 Å². The average molecular weight is 325 g/mol. The van der Waals surface area contributed by atoms with Gasteiger partial charge in [-0.05, 0) is 25.1 Å². The second kappa shape index (κ2) is 5.23. The van der Waals surface area contributed by atoms with E-state index in [2.05, 4.69) is 25.9 Å². The summed E-state index contributed by atoms with van der Waals surface area (Å²) in [5, 5.41) is 9.09. The van der Waals surface area contributed by atoms with Crippen LogP contribution in [0.4, 0.5) is 0 Å². The van der Waals surface area contributed by atoms with Gasteiger partial charge in [0.1, 0.15) is 17.1 Å². The Labute approximate surface area is 116 Å². The Balaban J connectivity index is 2.43. The predicted octanol–water partition coefficient (Wildman–Crippen LogP) is 2.33. The third-order valence-electron chi connectivity index (χ3n) is 2.22. The van der Waals surface area contributed by atoms with Crippen LogP contribution < -0.4 is 10.3 Å². The smallest absolute Gasteiger partial charge is 0.339 e. The lowest BCUT2D eigenvalue weighted by Crippen LogP contribution is -2.09. The molecule has 2 rings (SSSR count). The minimum atomic E-state index is -1.13. The monoisotopic (exact) mass is 324 g/mol. The molecule has 0 unspecified atom stereocenters. The van der Waals surface area contributed by atoms with Gasteiger partial charge in [-0.25, -0.2) is 9.78 Å². The van der Waals surface area contributed by atoms with Crippen LogP contribution in [0.15, 0.2) is 33.5 Å². The molecule has 0 saturated carbocycles. The number of halogens is 1. The number of aryl methyl sites for hydroxylation is 1. The molecule has 7 heteroatoms. The summed E-state index contributed by atoms with van der Waals surface area (Å²) in [6, 6.07) is 5.70. The Hall–Kier alpha value is -2.15. The van der Waals surface area contributed by atoms with Gasteiger partial charge in [-0.2, -0.15) is 0 Å².